The van der Waals surface area contributed by atoms with Gasteiger partial charge in [0.1, 0.15) is 20.3 Å². The molecular formula is C18H15ClO5S. The first kappa shape index (κ1) is 17.9. The van der Waals surface area contributed by atoms with Gasteiger partial charge in [0.2, 0.25) is 0 Å². The number of hydrogen-bond donors (Lipinski definition) is 0. The molecule has 0 amide bonds. The molecule has 0 aromatic heterocycles. The van der Waals surface area contributed by atoms with Crippen LogP contribution in [0.15, 0.2) is 78.6 Å². The van der Waals surface area contributed by atoms with Crippen LogP contribution >= 0.6 is 10.8 Å². The molecule has 0 bridgehead atoms. The van der Waals surface area contributed by atoms with E-state index in [-0.39, 0.29) is 0 Å². The fourth-order valence-corrected chi connectivity index (χ4v) is 4.92. The van der Waals surface area contributed by atoms with E-state index in [0.717, 1.165) is 11.1 Å². The molecule has 0 N–H and O–H groups in total. The first-order chi connectivity index (χ1) is 12.0. The minimum Gasteiger partial charge on any atom is -0.497 e. The van der Waals surface area contributed by atoms with Gasteiger partial charge in [0.15, 0.2) is 0 Å². The monoisotopic (exact) mass is 378 g/mol. The standard InChI is InChI=1S/C18H15ClO5S/c1-23-16-12-17(14-8-4-2-5-9-14)25(24-19(20,21)22)18(13-16)15-10-6-3-7-11-15/h2-13H,1H3. The maximum absolute atomic E-state index is 11.3. The summed E-state index contributed by atoms with van der Waals surface area (Å²) in [6.45, 7) is 0. The lowest BCUT2D eigenvalue weighted by molar-refractivity contribution is -1.91. The zero-order chi connectivity index (χ0) is 17.9. The molecule has 2 aromatic carbocycles. The number of benzene rings is 2. The van der Waals surface area contributed by atoms with Crippen LogP contribution in [0, 0.1) is 10.2 Å². The fourth-order valence-electron chi connectivity index (χ4n) is 2.37. The number of allylic oxidation sites excluding steroid dienone is 2. The van der Waals surface area contributed by atoms with Crippen LogP contribution < -0.4 is 14.0 Å². The van der Waals surface area contributed by atoms with Crippen LogP contribution in [0.25, 0.3) is 4.91 Å². The summed E-state index contributed by atoms with van der Waals surface area (Å²) in [6.07, 6.45) is 3.37. The van der Waals surface area contributed by atoms with Gasteiger partial charge in [-0.2, -0.15) is 14.0 Å². The summed E-state index contributed by atoms with van der Waals surface area (Å²) in [6, 6.07) is 18.3. The maximum Gasteiger partial charge on any atom is 0.148 e. The Hall–Kier alpha value is -1.93. The molecule has 2 aromatic rings. The van der Waals surface area contributed by atoms with Crippen molar-refractivity contribution >= 4 is 20.5 Å². The van der Waals surface area contributed by atoms with E-state index in [0.29, 0.717) is 15.5 Å². The molecule has 25 heavy (non-hydrogen) atoms. The van der Waals surface area contributed by atoms with Gasteiger partial charge in [0, 0.05) is 0 Å². The SMILES string of the molecule is COC1=CC(c2ccccc2)=S(O[Cl+3]([O-])([O-])[O-])C(c2ccccc2)=C1. The van der Waals surface area contributed by atoms with Crippen LogP contribution in [0.5, 0.6) is 0 Å². The van der Waals surface area contributed by atoms with Crippen LogP contribution in [-0.2, 0) is 8.47 Å². The van der Waals surface area contributed by atoms with E-state index >= 15 is 0 Å². The third-order valence-electron chi connectivity index (χ3n) is 3.44. The van der Waals surface area contributed by atoms with Gasteiger partial charge in [-0.15, -0.1) is 0 Å². The second-order valence-corrected chi connectivity index (χ2v) is 7.74. The number of methoxy groups -OCH3 is 1. The first-order valence-corrected chi connectivity index (χ1v) is 9.66. The van der Waals surface area contributed by atoms with E-state index in [1.54, 1.807) is 12.2 Å². The van der Waals surface area contributed by atoms with E-state index in [2.05, 4.69) is 0 Å². The zero-order valence-corrected chi connectivity index (χ0v) is 14.8. The molecule has 0 saturated heterocycles. The minimum absolute atomic E-state index is 0.546. The minimum atomic E-state index is -4.60. The molecular weight excluding hydrogens is 364 g/mol. The Labute approximate surface area is 150 Å². The van der Waals surface area contributed by atoms with Crippen LogP contribution in [-0.4, -0.2) is 12.0 Å². The van der Waals surface area contributed by atoms with Gasteiger partial charge in [-0.25, -0.2) is 0 Å². The highest BCUT2D eigenvalue weighted by Crippen LogP contribution is 2.43. The summed E-state index contributed by atoms with van der Waals surface area (Å²) in [4.78, 5) is 1.12. The molecule has 1 aliphatic rings. The molecule has 5 nitrogen and oxygen atoms in total. The van der Waals surface area contributed by atoms with E-state index in [9.17, 15) is 14.0 Å². The van der Waals surface area contributed by atoms with Gasteiger partial charge in [0.25, 0.3) is 0 Å². The van der Waals surface area contributed by atoms with Crippen molar-refractivity contribution in [2.45, 2.75) is 0 Å². The van der Waals surface area contributed by atoms with Gasteiger partial charge in [-0.3, -0.25) is 0 Å². The van der Waals surface area contributed by atoms with E-state index in [1.807, 2.05) is 60.7 Å². The second-order valence-electron chi connectivity index (χ2n) is 5.07. The fraction of sp³-hybridized carbons (Fsp3) is 0.0556. The summed E-state index contributed by atoms with van der Waals surface area (Å²) in [7, 11) is -4.48. The topological polar surface area (TPSA) is 87.6 Å². The third-order valence-corrected chi connectivity index (χ3v) is 6.07. The molecule has 1 unspecified atom stereocenters. The predicted molar refractivity (Wildman–Crippen MR) is 88.7 cm³/mol. The highest BCUT2D eigenvalue weighted by atomic mass is 35.7. The van der Waals surface area contributed by atoms with Crippen LogP contribution in [0.3, 0.4) is 0 Å². The maximum atomic E-state index is 11.3. The highest BCUT2D eigenvalue weighted by molar-refractivity contribution is 8.20. The molecule has 1 aliphatic heterocycles. The Kier molecular flexibility index (Phi) is 5.39. The number of halogens is 1. The Morgan fingerprint density at radius 3 is 1.88 bits per heavy atom. The molecule has 0 fully saturated rings. The normalized spacial score (nSPS) is 17.8. The highest BCUT2D eigenvalue weighted by Gasteiger charge is 2.31. The average molecular weight is 379 g/mol. The van der Waals surface area contributed by atoms with Crippen LogP contribution in [0.1, 0.15) is 11.1 Å². The Balaban J connectivity index is 2.23. The van der Waals surface area contributed by atoms with Gasteiger partial charge < -0.3 is 4.74 Å². The van der Waals surface area contributed by atoms with Gasteiger partial charge >= 0.3 is 0 Å². The molecule has 0 aliphatic carbocycles. The van der Waals surface area contributed by atoms with E-state index in [4.69, 9.17) is 8.47 Å². The van der Waals surface area contributed by atoms with Crippen molar-refractivity contribution in [3.8, 4) is 0 Å². The number of hydrogen-bond acceptors (Lipinski definition) is 5. The van der Waals surface area contributed by atoms with E-state index < -0.39 is 21.0 Å². The zero-order valence-electron chi connectivity index (χ0n) is 13.3. The Bertz CT molecular complexity index is 839. The number of rotatable bonds is 5. The van der Waals surface area contributed by atoms with Gasteiger partial charge in [0.05, 0.1) is 27.1 Å². The second kappa shape index (κ2) is 7.53. The predicted octanol–water partition coefficient (Wildman–Crippen LogP) is 0.890. The average Bonchev–Trinajstić information content (AvgIpc) is 2.62. The first-order valence-electron chi connectivity index (χ1n) is 7.28. The van der Waals surface area contributed by atoms with Crippen molar-refractivity contribution < 1.29 is 32.7 Å². The molecule has 1 atom stereocenters. The molecule has 0 spiro atoms. The van der Waals surface area contributed by atoms with Gasteiger partial charge in [-0.1, -0.05) is 60.7 Å². The van der Waals surface area contributed by atoms with Crippen molar-refractivity contribution in [3.05, 3.63) is 89.7 Å². The summed E-state index contributed by atoms with van der Waals surface area (Å²) in [5.74, 6) is 0.546. The largest absolute Gasteiger partial charge is 0.497 e. The Morgan fingerprint density at radius 1 is 0.800 bits per heavy atom. The van der Waals surface area contributed by atoms with Crippen molar-refractivity contribution in [1.82, 2.24) is 0 Å². The van der Waals surface area contributed by atoms with Crippen molar-refractivity contribution in [1.29, 1.82) is 0 Å². The quantitative estimate of drug-likeness (QED) is 0.721. The molecule has 0 saturated carbocycles. The summed E-state index contributed by atoms with van der Waals surface area (Å²) in [5, 5.41) is 0. The van der Waals surface area contributed by atoms with Crippen molar-refractivity contribution in [2.24, 2.45) is 0 Å². The van der Waals surface area contributed by atoms with Gasteiger partial charge in [-0.05, 0) is 23.3 Å². The third kappa shape index (κ3) is 4.38. The lowest BCUT2D eigenvalue weighted by Gasteiger charge is -2.21. The summed E-state index contributed by atoms with van der Waals surface area (Å²) in [5.41, 5.74) is 1.50. The van der Waals surface area contributed by atoms with Crippen LogP contribution in [0.4, 0.5) is 0 Å². The molecule has 0 radical (unpaired) electrons. The Morgan fingerprint density at radius 2 is 1.36 bits per heavy atom. The molecule has 3 rings (SSSR count). The molecule has 1 heterocycles. The molecule has 130 valence electrons. The number of ether oxygens (including phenoxy) is 1. The van der Waals surface area contributed by atoms with Crippen molar-refractivity contribution in [2.75, 3.05) is 7.11 Å². The van der Waals surface area contributed by atoms with Crippen molar-refractivity contribution in [3.63, 3.8) is 0 Å². The van der Waals surface area contributed by atoms with E-state index in [1.165, 1.54) is 7.11 Å². The summed E-state index contributed by atoms with van der Waals surface area (Å²) < 4.78 is 44.2. The lowest BCUT2D eigenvalue weighted by atomic mass is 10.1. The lowest BCUT2D eigenvalue weighted by Crippen LogP contribution is -2.60. The summed E-state index contributed by atoms with van der Waals surface area (Å²) >= 11 is 0. The smallest absolute Gasteiger partial charge is 0.148 e. The molecule has 7 heteroatoms. The van der Waals surface area contributed by atoms with Crippen LogP contribution in [0.2, 0.25) is 0 Å².